The van der Waals surface area contributed by atoms with Crippen LogP contribution in [0.25, 0.3) is 0 Å². The van der Waals surface area contributed by atoms with E-state index in [1.807, 2.05) is 12.1 Å². The molecule has 8 heteroatoms. The highest BCUT2D eigenvalue weighted by molar-refractivity contribution is 7.89. The average Bonchev–Trinajstić information content (AvgIpc) is 2.64. The number of sulfonamides is 1. The monoisotopic (exact) mass is 428 g/mol. The smallest absolute Gasteiger partial charge is 0.252 e. The maximum Gasteiger partial charge on any atom is 0.252 e. The molecule has 0 aliphatic carbocycles. The molecule has 1 amide bonds. The van der Waals surface area contributed by atoms with Gasteiger partial charge in [0.05, 0.1) is 15.5 Å². The quantitative estimate of drug-likeness (QED) is 0.690. The van der Waals surface area contributed by atoms with Gasteiger partial charge in [-0.2, -0.15) is 4.31 Å². The molecule has 0 aromatic heterocycles. The fourth-order valence-electron chi connectivity index (χ4n) is 2.62. The molecule has 0 unspecified atom stereocenters. The standard InChI is InChI=1S/C19H22Cl2N2O3S/c1-3-23(4-2)27(25,26)16-9-10-18(21)17(13-16)19(24)22-12-11-14-5-7-15(20)8-6-14/h5-10,13H,3-4,11-12H2,1-2H3,(H,22,24). The van der Waals surface area contributed by atoms with E-state index in [0.29, 0.717) is 31.1 Å². The maximum absolute atomic E-state index is 12.6. The van der Waals surface area contributed by atoms with Crippen LogP contribution in [0.1, 0.15) is 29.8 Å². The maximum atomic E-state index is 12.6. The first-order valence-corrected chi connectivity index (χ1v) is 10.8. The van der Waals surface area contributed by atoms with E-state index in [2.05, 4.69) is 5.32 Å². The number of benzene rings is 2. The van der Waals surface area contributed by atoms with E-state index in [1.165, 1.54) is 22.5 Å². The minimum atomic E-state index is -3.66. The average molecular weight is 429 g/mol. The Morgan fingerprint density at radius 3 is 2.26 bits per heavy atom. The van der Waals surface area contributed by atoms with Crippen LogP contribution in [-0.2, 0) is 16.4 Å². The SMILES string of the molecule is CCN(CC)S(=O)(=O)c1ccc(Cl)c(C(=O)NCCc2ccc(Cl)cc2)c1. The molecule has 0 aliphatic rings. The Bertz CT molecular complexity index is 896. The molecule has 0 radical (unpaired) electrons. The third-order valence-corrected chi connectivity index (χ3v) is 6.77. The van der Waals surface area contributed by atoms with Gasteiger partial charge in [-0.15, -0.1) is 0 Å². The Balaban J connectivity index is 2.12. The molecule has 1 N–H and O–H groups in total. The second-order valence-corrected chi connectivity index (χ2v) is 8.64. The largest absolute Gasteiger partial charge is 0.352 e. The van der Waals surface area contributed by atoms with E-state index in [-0.39, 0.29) is 15.5 Å². The normalized spacial score (nSPS) is 11.6. The summed E-state index contributed by atoms with van der Waals surface area (Å²) in [5.41, 5.74) is 1.17. The van der Waals surface area contributed by atoms with Gasteiger partial charge in [-0.25, -0.2) is 8.42 Å². The molecule has 0 atom stereocenters. The number of halogens is 2. The molecule has 0 aliphatic heterocycles. The zero-order valence-electron chi connectivity index (χ0n) is 15.2. The molecule has 27 heavy (non-hydrogen) atoms. The van der Waals surface area contributed by atoms with Crippen molar-refractivity contribution in [2.24, 2.45) is 0 Å². The van der Waals surface area contributed by atoms with Gasteiger partial charge in [-0.05, 0) is 42.3 Å². The summed E-state index contributed by atoms with van der Waals surface area (Å²) in [5.74, 6) is -0.412. The highest BCUT2D eigenvalue weighted by Crippen LogP contribution is 2.23. The first-order chi connectivity index (χ1) is 12.8. The van der Waals surface area contributed by atoms with Gasteiger partial charge in [-0.1, -0.05) is 49.2 Å². The molecule has 2 rings (SSSR count). The van der Waals surface area contributed by atoms with Crippen LogP contribution < -0.4 is 5.32 Å². The van der Waals surface area contributed by atoms with E-state index in [4.69, 9.17) is 23.2 Å². The highest BCUT2D eigenvalue weighted by Gasteiger charge is 2.23. The van der Waals surface area contributed by atoms with E-state index >= 15 is 0 Å². The van der Waals surface area contributed by atoms with Gasteiger partial charge in [0.1, 0.15) is 0 Å². The van der Waals surface area contributed by atoms with Gasteiger partial charge in [0.2, 0.25) is 10.0 Å². The number of carbonyl (C=O) groups excluding carboxylic acids is 1. The summed E-state index contributed by atoms with van der Waals surface area (Å²) in [5, 5.41) is 3.63. The Labute approximate surface area is 170 Å². The van der Waals surface area contributed by atoms with Crippen LogP contribution >= 0.6 is 23.2 Å². The predicted molar refractivity (Wildman–Crippen MR) is 109 cm³/mol. The lowest BCUT2D eigenvalue weighted by Gasteiger charge is -2.19. The van der Waals surface area contributed by atoms with Crippen LogP contribution in [0.3, 0.4) is 0 Å². The molecule has 146 valence electrons. The first kappa shape index (κ1) is 21.7. The molecule has 5 nitrogen and oxygen atoms in total. The minimum Gasteiger partial charge on any atom is -0.352 e. The van der Waals surface area contributed by atoms with Crippen molar-refractivity contribution in [3.8, 4) is 0 Å². The van der Waals surface area contributed by atoms with Gasteiger partial charge < -0.3 is 5.32 Å². The first-order valence-electron chi connectivity index (χ1n) is 8.62. The van der Waals surface area contributed by atoms with Crippen molar-refractivity contribution in [2.75, 3.05) is 19.6 Å². The van der Waals surface area contributed by atoms with Crippen LogP contribution in [0, 0.1) is 0 Å². The number of carbonyl (C=O) groups is 1. The molecule has 2 aromatic carbocycles. The molecule has 0 fully saturated rings. The Hall–Kier alpha value is -1.60. The number of hydrogen-bond donors (Lipinski definition) is 1. The Morgan fingerprint density at radius 2 is 1.67 bits per heavy atom. The van der Waals surface area contributed by atoms with Crippen molar-refractivity contribution < 1.29 is 13.2 Å². The number of amides is 1. The second kappa shape index (κ2) is 9.55. The van der Waals surface area contributed by atoms with Crippen LogP contribution in [0.15, 0.2) is 47.4 Å². The summed E-state index contributed by atoms with van der Waals surface area (Å²) < 4.78 is 26.6. The van der Waals surface area contributed by atoms with Crippen molar-refractivity contribution in [3.05, 3.63) is 63.6 Å². The van der Waals surface area contributed by atoms with E-state index in [1.54, 1.807) is 26.0 Å². The van der Waals surface area contributed by atoms with Crippen molar-refractivity contribution in [1.82, 2.24) is 9.62 Å². The third-order valence-electron chi connectivity index (χ3n) is 4.14. The lowest BCUT2D eigenvalue weighted by atomic mass is 10.1. The van der Waals surface area contributed by atoms with Gasteiger partial charge in [0.25, 0.3) is 5.91 Å². The van der Waals surface area contributed by atoms with Crippen LogP contribution in [0.4, 0.5) is 0 Å². The molecule has 2 aromatic rings. The molecule has 0 bridgehead atoms. The topological polar surface area (TPSA) is 66.5 Å². The fourth-order valence-corrected chi connectivity index (χ4v) is 4.43. The molecule has 0 heterocycles. The van der Waals surface area contributed by atoms with Gasteiger partial charge >= 0.3 is 0 Å². The molecule has 0 saturated carbocycles. The van der Waals surface area contributed by atoms with Gasteiger partial charge in [-0.3, -0.25) is 4.79 Å². The van der Waals surface area contributed by atoms with Crippen LogP contribution in [0.5, 0.6) is 0 Å². The highest BCUT2D eigenvalue weighted by atomic mass is 35.5. The van der Waals surface area contributed by atoms with Gasteiger partial charge in [0, 0.05) is 24.7 Å². The van der Waals surface area contributed by atoms with Crippen molar-refractivity contribution in [2.45, 2.75) is 25.2 Å². The molecular formula is C19H22Cl2N2O3S. The van der Waals surface area contributed by atoms with Crippen molar-refractivity contribution >= 4 is 39.1 Å². The molecule has 0 saturated heterocycles. The molecular weight excluding hydrogens is 407 g/mol. The Morgan fingerprint density at radius 1 is 1.04 bits per heavy atom. The van der Waals surface area contributed by atoms with E-state index < -0.39 is 15.9 Å². The van der Waals surface area contributed by atoms with E-state index in [0.717, 1.165) is 5.56 Å². The van der Waals surface area contributed by atoms with E-state index in [9.17, 15) is 13.2 Å². The van der Waals surface area contributed by atoms with Gasteiger partial charge in [0.15, 0.2) is 0 Å². The molecule has 0 spiro atoms. The van der Waals surface area contributed by atoms with Crippen molar-refractivity contribution in [1.29, 1.82) is 0 Å². The summed E-state index contributed by atoms with van der Waals surface area (Å²) in [6, 6.07) is 11.5. The summed E-state index contributed by atoms with van der Waals surface area (Å²) >= 11 is 12.0. The number of rotatable bonds is 8. The summed E-state index contributed by atoms with van der Waals surface area (Å²) in [4.78, 5) is 12.5. The van der Waals surface area contributed by atoms with Crippen LogP contribution in [-0.4, -0.2) is 38.3 Å². The minimum absolute atomic E-state index is 0.0541. The summed E-state index contributed by atoms with van der Waals surface area (Å²) in [6.07, 6.45) is 0.623. The predicted octanol–water partition coefficient (Wildman–Crippen LogP) is 4.00. The lowest BCUT2D eigenvalue weighted by molar-refractivity contribution is 0.0954. The Kier molecular flexibility index (Phi) is 7.68. The van der Waals surface area contributed by atoms with Crippen LogP contribution in [0.2, 0.25) is 10.0 Å². The summed E-state index contributed by atoms with van der Waals surface area (Å²) in [6.45, 7) is 4.63. The fraction of sp³-hybridized carbons (Fsp3) is 0.316. The number of nitrogens with zero attached hydrogens (tertiary/aromatic N) is 1. The zero-order chi connectivity index (χ0) is 20.0. The third kappa shape index (κ3) is 5.45. The lowest BCUT2D eigenvalue weighted by Crippen LogP contribution is -2.31. The number of hydrogen-bond acceptors (Lipinski definition) is 3. The number of nitrogens with one attached hydrogen (secondary N) is 1. The summed E-state index contributed by atoms with van der Waals surface area (Å²) in [7, 11) is -3.66. The second-order valence-electron chi connectivity index (χ2n) is 5.86. The zero-order valence-corrected chi connectivity index (χ0v) is 17.5. The van der Waals surface area contributed by atoms with Crippen molar-refractivity contribution in [3.63, 3.8) is 0 Å².